The summed E-state index contributed by atoms with van der Waals surface area (Å²) >= 11 is 3.40. The van der Waals surface area contributed by atoms with E-state index in [1.807, 2.05) is 60.7 Å². The number of carbonyl (C=O) groups excluding carboxylic acids is 2. The molecule has 0 saturated carbocycles. The first-order valence-electron chi connectivity index (χ1n) is 11.6. The van der Waals surface area contributed by atoms with E-state index in [1.165, 1.54) is 0 Å². The van der Waals surface area contributed by atoms with Crippen molar-refractivity contribution in [2.45, 2.75) is 12.8 Å². The van der Waals surface area contributed by atoms with Gasteiger partial charge >= 0.3 is 11.9 Å². The minimum atomic E-state index is -0.629. The molecule has 0 heterocycles. The smallest absolute Gasteiger partial charge is 0.347 e. The molecule has 0 unspecified atom stereocenters. The molecule has 0 fully saturated rings. The van der Waals surface area contributed by atoms with E-state index >= 15 is 0 Å². The number of carbonyl (C=O) groups is 2. The van der Waals surface area contributed by atoms with Crippen LogP contribution >= 0.6 is 15.9 Å². The Bertz CT molecular complexity index is 1310. The van der Waals surface area contributed by atoms with Gasteiger partial charge in [0.05, 0.1) is 13.2 Å². The normalized spacial score (nSPS) is 10.5. The predicted molar refractivity (Wildman–Crippen MR) is 142 cm³/mol. The molecule has 0 aliphatic rings. The van der Waals surface area contributed by atoms with E-state index in [0.717, 1.165) is 11.1 Å². The average molecular weight is 545 g/mol. The zero-order valence-corrected chi connectivity index (χ0v) is 21.1. The third-order valence-electron chi connectivity index (χ3n) is 5.43. The Morgan fingerprint density at radius 3 is 1.92 bits per heavy atom. The van der Waals surface area contributed by atoms with E-state index < -0.39 is 11.9 Å². The van der Waals surface area contributed by atoms with Crippen molar-refractivity contribution >= 4 is 27.9 Å². The molecule has 6 heteroatoms. The van der Waals surface area contributed by atoms with E-state index in [-0.39, 0.29) is 23.5 Å². The SMILES string of the molecule is O=C(Oc1ccccc1C(=O)OCCc1ccccc1)c1cc(Br)ccc1OCCc1ccccc1. The maximum Gasteiger partial charge on any atom is 0.347 e. The first-order chi connectivity index (χ1) is 17.6. The number of halogens is 1. The molecule has 5 nitrogen and oxygen atoms in total. The zero-order valence-electron chi connectivity index (χ0n) is 19.6. The van der Waals surface area contributed by atoms with Gasteiger partial charge in [0.15, 0.2) is 0 Å². The van der Waals surface area contributed by atoms with Crippen LogP contribution in [-0.2, 0) is 17.6 Å². The summed E-state index contributed by atoms with van der Waals surface area (Å²) in [6, 6.07) is 31.4. The fourth-order valence-electron chi connectivity index (χ4n) is 3.57. The van der Waals surface area contributed by atoms with E-state index in [9.17, 15) is 9.59 Å². The lowest BCUT2D eigenvalue weighted by Gasteiger charge is -2.13. The molecule has 0 aliphatic heterocycles. The summed E-state index contributed by atoms with van der Waals surface area (Å²) in [5.41, 5.74) is 2.64. The first kappa shape index (κ1) is 25.2. The summed E-state index contributed by atoms with van der Waals surface area (Å²) in [7, 11) is 0. The summed E-state index contributed by atoms with van der Waals surface area (Å²) in [5, 5.41) is 0. The van der Waals surface area contributed by atoms with E-state index in [2.05, 4.69) is 15.9 Å². The van der Waals surface area contributed by atoms with Crippen LogP contribution in [0.25, 0.3) is 0 Å². The molecule has 0 radical (unpaired) electrons. The highest BCUT2D eigenvalue weighted by Gasteiger charge is 2.20. The highest BCUT2D eigenvalue weighted by molar-refractivity contribution is 9.10. The van der Waals surface area contributed by atoms with Crippen molar-refractivity contribution in [3.8, 4) is 11.5 Å². The van der Waals surface area contributed by atoms with Gasteiger partial charge in [-0.05, 0) is 41.5 Å². The maximum atomic E-state index is 13.1. The highest BCUT2D eigenvalue weighted by atomic mass is 79.9. The maximum absolute atomic E-state index is 13.1. The second kappa shape index (κ2) is 12.7. The van der Waals surface area contributed by atoms with Crippen molar-refractivity contribution in [2.24, 2.45) is 0 Å². The Labute approximate surface area is 218 Å². The molecule has 0 atom stereocenters. The Morgan fingerprint density at radius 2 is 1.22 bits per heavy atom. The van der Waals surface area contributed by atoms with Gasteiger partial charge in [-0.1, -0.05) is 88.7 Å². The molecule has 0 spiro atoms. The molecule has 4 rings (SSSR count). The van der Waals surface area contributed by atoms with Gasteiger partial charge in [0.2, 0.25) is 0 Å². The number of benzene rings is 4. The lowest BCUT2D eigenvalue weighted by molar-refractivity contribution is 0.0503. The van der Waals surface area contributed by atoms with Gasteiger partial charge in [-0.3, -0.25) is 0 Å². The first-order valence-corrected chi connectivity index (χ1v) is 12.4. The van der Waals surface area contributed by atoms with Crippen LogP contribution in [0.2, 0.25) is 0 Å². The van der Waals surface area contributed by atoms with Gasteiger partial charge in [0.1, 0.15) is 22.6 Å². The van der Waals surface area contributed by atoms with Crippen molar-refractivity contribution < 1.29 is 23.8 Å². The van der Waals surface area contributed by atoms with Crippen molar-refractivity contribution in [3.63, 3.8) is 0 Å². The Morgan fingerprint density at radius 1 is 0.611 bits per heavy atom. The number of hydrogen-bond donors (Lipinski definition) is 0. The largest absolute Gasteiger partial charge is 0.492 e. The molecule has 4 aromatic carbocycles. The fourth-order valence-corrected chi connectivity index (χ4v) is 3.94. The second-order valence-electron chi connectivity index (χ2n) is 7.98. The van der Waals surface area contributed by atoms with Crippen molar-refractivity contribution in [2.75, 3.05) is 13.2 Å². The quantitative estimate of drug-likeness (QED) is 0.164. The molecule has 0 amide bonds. The number of hydrogen-bond acceptors (Lipinski definition) is 5. The zero-order chi connectivity index (χ0) is 25.2. The third kappa shape index (κ3) is 7.06. The Hall–Kier alpha value is -3.90. The van der Waals surface area contributed by atoms with Crippen LogP contribution in [0, 0.1) is 0 Å². The summed E-state index contributed by atoms with van der Waals surface area (Å²) in [4.78, 5) is 25.8. The molecule has 0 aromatic heterocycles. The van der Waals surface area contributed by atoms with Crippen LogP contribution in [0.15, 0.2) is 108 Å². The van der Waals surface area contributed by atoms with E-state index in [1.54, 1.807) is 42.5 Å². The number of esters is 2. The lowest BCUT2D eigenvalue weighted by Crippen LogP contribution is -2.15. The van der Waals surface area contributed by atoms with Crippen LogP contribution in [-0.4, -0.2) is 25.2 Å². The molecule has 0 aliphatic carbocycles. The molecule has 4 aromatic rings. The molecule has 182 valence electrons. The summed E-state index contributed by atoms with van der Waals surface area (Å²) < 4.78 is 17.7. The number of ether oxygens (including phenoxy) is 3. The summed E-state index contributed by atoms with van der Waals surface area (Å²) in [6.07, 6.45) is 1.29. The highest BCUT2D eigenvalue weighted by Crippen LogP contribution is 2.27. The Balaban J connectivity index is 1.42. The van der Waals surface area contributed by atoms with Crippen LogP contribution in [0.1, 0.15) is 31.8 Å². The van der Waals surface area contributed by atoms with E-state index in [0.29, 0.717) is 29.7 Å². The van der Waals surface area contributed by atoms with Crippen molar-refractivity contribution in [1.29, 1.82) is 0 Å². The third-order valence-corrected chi connectivity index (χ3v) is 5.92. The van der Waals surface area contributed by atoms with Crippen LogP contribution in [0.5, 0.6) is 11.5 Å². The van der Waals surface area contributed by atoms with Crippen LogP contribution in [0.4, 0.5) is 0 Å². The van der Waals surface area contributed by atoms with Gasteiger partial charge in [-0.15, -0.1) is 0 Å². The topological polar surface area (TPSA) is 61.8 Å². The van der Waals surface area contributed by atoms with Gasteiger partial charge in [-0.25, -0.2) is 9.59 Å². The summed E-state index contributed by atoms with van der Waals surface area (Å²) in [6.45, 7) is 0.617. The van der Waals surface area contributed by atoms with Crippen LogP contribution in [0.3, 0.4) is 0 Å². The van der Waals surface area contributed by atoms with Crippen molar-refractivity contribution in [1.82, 2.24) is 0 Å². The molecule has 0 N–H and O–H groups in total. The Kier molecular flexibility index (Phi) is 8.89. The van der Waals surface area contributed by atoms with Gasteiger partial charge in [-0.2, -0.15) is 0 Å². The van der Waals surface area contributed by atoms with Gasteiger partial charge in [0.25, 0.3) is 0 Å². The van der Waals surface area contributed by atoms with Gasteiger partial charge in [0, 0.05) is 17.3 Å². The molecule has 0 saturated heterocycles. The molecular weight excluding hydrogens is 520 g/mol. The number of para-hydroxylation sites is 1. The molecule has 36 heavy (non-hydrogen) atoms. The predicted octanol–water partition coefficient (Wildman–Crippen LogP) is 6.69. The monoisotopic (exact) mass is 544 g/mol. The fraction of sp³-hybridized carbons (Fsp3) is 0.133. The molecule has 0 bridgehead atoms. The average Bonchev–Trinajstić information content (AvgIpc) is 2.91. The number of rotatable bonds is 10. The minimum absolute atomic E-state index is 0.127. The second-order valence-corrected chi connectivity index (χ2v) is 8.90. The minimum Gasteiger partial charge on any atom is -0.492 e. The van der Waals surface area contributed by atoms with Gasteiger partial charge < -0.3 is 14.2 Å². The summed E-state index contributed by atoms with van der Waals surface area (Å²) in [5.74, 6) is -0.650. The van der Waals surface area contributed by atoms with E-state index in [4.69, 9.17) is 14.2 Å². The lowest BCUT2D eigenvalue weighted by atomic mass is 10.1. The van der Waals surface area contributed by atoms with Crippen LogP contribution < -0.4 is 9.47 Å². The molecular formula is C30H25BrO5. The van der Waals surface area contributed by atoms with Crippen molar-refractivity contribution in [3.05, 3.63) is 130 Å². The standard InChI is InChI=1S/C30H25BrO5/c31-24-15-16-27(34-19-17-22-9-3-1-4-10-22)26(21-24)30(33)36-28-14-8-7-13-25(28)29(32)35-20-18-23-11-5-2-6-12-23/h1-16,21H,17-20H2.